The molecule has 0 N–H and O–H groups in total. The van der Waals surface area contributed by atoms with E-state index in [-0.39, 0.29) is 0 Å². The van der Waals surface area contributed by atoms with Crippen molar-refractivity contribution in [3.63, 3.8) is 0 Å². The summed E-state index contributed by atoms with van der Waals surface area (Å²) >= 11 is 0. The molecular formula is C51H32N4O. The van der Waals surface area contributed by atoms with E-state index in [1.54, 1.807) is 0 Å². The van der Waals surface area contributed by atoms with Gasteiger partial charge in [0.05, 0.1) is 11.0 Å². The van der Waals surface area contributed by atoms with E-state index in [1.165, 1.54) is 10.8 Å². The SMILES string of the molecule is c1ccc(-c2nc(-c3ccccc3)nc(-c3ccc(-n4c5ccccc5c5ccc(-c6cc(-c7ccccc7)c7oc8ccccc8c7c6)cc54)cc3)n2)cc1. The molecule has 11 aromatic rings. The second-order valence-corrected chi connectivity index (χ2v) is 14.0. The lowest BCUT2D eigenvalue weighted by atomic mass is 9.95. The van der Waals surface area contributed by atoms with Crippen molar-refractivity contribution >= 4 is 43.7 Å². The number of hydrogen-bond donors (Lipinski definition) is 0. The van der Waals surface area contributed by atoms with Crippen molar-refractivity contribution in [3.8, 4) is 62.1 Å². The van der Waals surface area contributed by atoms with Gasteiger partial charge in [0.1, 0.15) is 11.2 Å². The molecule has 8 aromatic carbocycles. The quantitative estimate of drug-likeness (QED) is 0.172. The molecule has 0 saturated heterocycles. The first kappa shape index (κ1) is 31.9. The fraction of sp³-hybridized carbons (Fsp3) is 0. The van der Waals surface area contributed by atoms with Crippen LogP contribution in [0.15, 0.2) is 199 Å². The summed E-state index contributed by atoms with van der Waals surface area (Å²) in [5.41, 5.74) is 12.4. The molecule has 262 valence electrons. The molecule has 0 aliphatic carbocycles. The second kappa shape index (κ2) is 13.0. The lowest BCUT2D eigenvalue weighted by molar-refractivity contribution is 0.670. The lowest BCUT2D eigenvalue weighted by Gasteiger charge is -2.12. The van der Waals surface area contributed by atoms with Gasteiger partial charge in [-0.2, -0.15) is 0 Å². The molecule has 3 aromatic heterocycles. The summed E-state index contributed by atoms with van der Waals surface area (Å²) in [6.07, 6.45) is 0. The highest BCUT2D eigenvalue weighted by molar-refractivity contribution is 6.13. The molecule has 0 bridgehead atoms. The third-order valence-corrected chi connectivity index (χ3v) is 10.7. The Bertz CT molecular complexity index is 3160. The minimum Gasteiger partial charge on any atom is -0.455 e. The summed E-state index contributed by atoms with van der Waals surface area (Å²) in [6, 6.07) is 67.5. The summed E-state index contributed by atoms with van der Waals surface area (Å²) in [4.78, 5) is 14.8. The van der Waals surface area contributed by atoms with Gasteiger partial charge >= 0.3 is 0 Å². The van der Waals surface area contributed by atoms with Crippen molar-refractivity contribution in [1.82, 2.24) is 19.5 Å². The summed E-state index contributed by atoms with van der Waals surface area (Å²) in [6.45, 7) is 0. The molecule has 0 radical (unpaired) electrons. The van der Waals surface area contributed by atoms with E-state index in [1.807, 2.05) is 72.8 Å². The Balaban J connectivity index is 1.06. The molecule has 0 amide bonds. The van der Waals surface area contributed by atoms with E-state index in [0.29, 0.717) is 17.5 Å². The van der Waals surface area contributed by atoms with Gasteiger partial charge in [0, 0.05) is 49.5 Å². The van der Waals surface area contributed by atoms with Crippen LogP contribution in [-0.2, 0) is 0 Å². The number of fused-ring (bicyclic) bond motifs is 6. The van der Waals surface area contributed by atoms with Gasteiger partial charge in [-0.05, 0) is 71.3 Å². The van der Waals surface area contributed by atoms with E-state index in [2.05, 4.69) is 126 Å². The van der Waals surface area contributed by atoms with Crippen molar-refractivity contribution in [2.75, 3.05) is 0 Å². The third kappa shape index (κ3) is 5.37. The maximum Gasteiger partial charge on any atom is 0.164 e. The predicted molar refractivity (Wildman–Crippen MR) is 229 cm³/mol. The molecule has 11 rings (SSSR count). The zero-order chi connectivity index (χ0) is 37.0. The van der Waals surface area contributed by atoms with Crippen LogP contribution in [-0.4, -0.2) is 19.5 Å². The zero-order valence-electron chi connectivity index (χ0n) is 30.2. The van der Waals surface area contributed by atoms with Crippen LogP contribution in [0.4, 0.5) is 0 Å². The van der Waals surface area contributed by atoms with Gasteiger partial charge in [0.2, 0.25) is 0 Å². The van der Waals surface area contributed by atoms with Crippen LogP contribution in [0.1, 0.15) is 0 Å². The van der Waals surface area contributed by atoms with Gasteiger partial charge in [-0.15, -0.1) is 0 Å². The maximum absolute atomic E-state index is 6.50. The minimum absolute atomic E-state index is 0.630. The summed E-state index contributed by atoms with van der Waals surface area (Å²) in [5.74, 6) is 1.92. The molecule has 0 aliphatic rings. The van der Waals surface area contributed by atoms with Gasteiger partial charge in [0.15, 0.2) is 17.5 Å². The monoisotopic (exact) mass is 716 g/mol. The van der Waals surface area contributed by atoms with Gasteiger partial charge < -0.3 is 8.98 Å². The first-order valence-electron chi connectivity index (χ1n) is 18.8. The van der Waals surface area contributed by atoms with Gasteiger partial charge in [-0.1, -0.05) is 140 Å². The Morgan fingerprint density at radius 1 is 0.339 bits per heavy atom. The zero-order valence-corrected chi connectivity index (χ0v) is 30.2. The predicted octanol–water partition coefficient (Wildman–Crippen LogP) is 13.2. The molecule has 0 aliphatic heterocycles. The van der Waals surface area contributed by atoms with Gasteiger partial charge in [-0.3, -0.25) is 0 Å². The van der Waals surface area contributed by atoms with Crippen LogP contribution in [0.25, 0.3) is 106 Å². The lowest BCUT2D eigenvalue weighted by Crippen LogP contribution is -2.00. The fourth-order valence-corrected chi connectivity index (χ4v) is 7.95. The standard InChI is InChI=1S/C51H32N4O/c1-4-14-33(15-5-1)43-30-38(31-44-42-21-11-13-23-47(42)56-48(43)44)37-26-29-41-40-20-10-12-22-45(40)55(46(41)32-37)39-27-24-36(25-28-39)51-53-49(34-16-6-2-7-17-34)52-50(54-51)35-18-8-3-9-19-35/h1-32H. The van der Waals surface area contributed by atoms with Crippen LogP contribution in [0, 0.1) is 0 Å². The molecule has 3 heterocycles. The highest BCUT2D eigenvalue weighted by Gasteiger charge is 2.18. The van der Waals surface area contributed by atoms with Crippen molar-refractivity contribution in [3.05, 3.63) is 194 Å². The molecule has 0 spiro atoms. The Morgan fingerprint density at radius 3 is 1.52 bits per heavy atom. The van der Waals surface area contributed by atoms with Crippen LogP contribution in [0.5, 0.6) is 0 Å². The van der Waals surface area contributed by atoms with E-state index in [9.17, 15) is 0 Å². The molecule has 0 atom stereocenters. The maximum atomic E-state index is 6.50. The summed E-state index contributed by atoms with van der Waals surface area (Å²) in [5, 5.41) is 4.63. The Labute approximate surface area is 322 Å². The molecule has 0 unspecified atom stereocenters. The number of aromatic nitrogens is 4. The average Bonchev–Trinajstić information content (AvgIpc) is 3.82. The molecule has 0 fully saturated rings. The number of para-hydroxylation sites is 2. The molecule has 0 saturated carbocycles. The average molecular weight is 717 g/mol. The molecular weight excluding hydrogens is 685 g/mol. The highest BCUT2D eigenvalue weighted by Crippen LogP contribution is 2.41. The smallest absolute Gasteiger partial charge is 0.164 e. The van der Waals surface area contributed by atoms with Crippen LogP contribution in [0.2, 0.25) is 0 Å². The minimum atomic E-state index is 0.630. The highest BCUT2D eigenvalue weighted by atomic mass is 16.3. The topological polar surface area (TPSA) is 56.7 Å². The second-order valence-electron chi connectivity index (χ2n) is 14.0. The fourth-order valence-electron chi connectivity index (χ4n) is 7.95. The van der Waals surface area contributed by atoms with E-state index in [4.69, 9.17) is 19.4 Å². The first-order valence-corrected chi connectivity index (χ1v) is 18.8. The van der Waals surface area contributed by atoms with E-state index < -0.39 is 0 Å². The van der Waals surface area contributed by atoms with Crippen molar-refractivity contribution < 1.29 is 4.42 Å². The molecule has 5 heteroatoms. The summed E-state index contributed by atoms with van der Waals surface area (Å²) < 4.78 is 8.86. The van der Waals surface area contributed by atoms with E-state index >= 15 is 0 Å². The number of benzene rings is 8. The van der Waals surface area contributed by atoms with Crippen LogP contribution >= 0.6 is 0 Å². The van der Waals surface area contributed by atoms with Crippen LogP contribution < -0.4 is 0 Å². The van der Waals surface area contributed by atoms with Crippen molar-refractivity contribution in [1.29, 1.82) is 0 Å². The van der Waals surface area contributed by atoms with Gasteiger partial charge in [0.25, 0.3) is 0 Å². The largest absolute Gasteiger partial charge is 0.455 e. The Hall–Kier alpha value is -7.63. The van der Waals surface area contributed by atoms with E-state index in [0.717, 1.165) is 77.6 Å². The molecule has 5 nitrogen and oxygen atoms in total. The number of nitrogens with zero attached hydrogens (tertiary/aromatic N) is 4. The third-order valence-electron chi connectivity index (χ3n) is 10.7. The van der Waals surface area contributed by atoms with Crippen molar-refractivity contribution in [2.24, 2.45) is 0 Å². The van der Waals surface area contributed by atoms with Gasteiger partial charge in [-0.25, -0.2) is 15.0 Å². The summed E-state index contributed by atoms with van der Waals surface area (Å²) in [7, 11) is 0. The number of hydrogen-bond acceptors (Lipinski definition) is 4. The normalized spacial score (nSPS) is 11.6. The number of furan rings is 1. The number of rotatable bonds is 6. The Kier molecular flexibility index (Phi) is 7.42. The first-order chi connectivity index (χ1) is 27.7. The van der Waals surface area contributed by atoms with Crippen LogP contribution in [0.3, 0.4) is 0 Å². The molecule has 56 heavy (non-hydrogen) atoms. The Morgan fingerprint density at radius 2 is 0.857 bits per heavy atom. The van der Waals surface area contributed by atoms with Crippen molar-refractivity contribution in [2.45, 2.75) is 0 Å².